The van der Waals surface area contributed by atoms with E-state index in [9.17, 15) is 9.18 Å². The fraction of sp³-hybridized carbons (Fsp3) is 0.158. The quantitative estimate of drug-likeness (QED) is 0.720. The molecule has 1 heterocycles. The highest BCUT2D eigenvalue weighted by Gasteiger charge is 2.18. The first-order valence-corrected chi connectivity index (χ1v) is 8.78. The summed E-state index contributed by atoms with van der Waals surface area (Å²) in [6.45, 7) is 2.21. The van der Waals surface area contributed by atoms with Crippen LogP contribution in [0.15, 0.2) is 48.5 Å². The average Bonchev–Trinajstić information content (AvgIpc) is 3.06. The molecule has 0 aliphatic carbocycles. The van der Waals surface area contributed by atoms with Gasteiger partial charge in [0.25, 0.3) is 5.91 Å². The van der Waals surface area contributed by atoms with E-state index < -0.39 is 0 Å². The standard InChI is InChI=1S/C19H18FN3OS/c1-2-16-17(18(24)22-15-6-4-3-5-7-15)23-19(25-16)13-8-12(11-21)9-14(20)10-13/h3-10H,2,11,21H2,1H3,(H,22,24). The van der Waals surface area contributed by atoms with Gasteiger partial charge in [0.05, 0.1) is 0 Å². The number of carbonyl (C=O) groups is 1. The Morgan fingerprint density at radius 2 is 2.00 bits per heavy atom. The summed E-state index contributed by atoms with van der Waals surface area (Å²) < 4.78 is 13.8. The molecule has 0 unspecified atom stereocenters. The normalized spacial score (nSPS) is 10.7. The number of rotatable bonds is 5. The predicted octanol–water partition coefficient (Wildman–Crippen LogP) is 4.22. The lowest BCUT2D eigenvalue weighted by atomic mass is 10.1. The summed E-state index contributed by atoms with van der Waals surface area (Å²) in [6.07, 6.45) is 0.675. The molecule has 0 fully saturated rings. The molecular weight excluding hydrogens is 337 g/mol. The first-order chi connectivity index (χ1) is 12.1. The Morgan fingerprint density at radius 1 is 1.24 bits per heavy atom. The maximum Gasteiger partial charge on any atom is 0.275 e. The van der Waals surface area contributed by atoms with Crippen LogP contribution in [0.5, 0.6) is 0 Å². The maximum absolute atomic E-state index is 13.8. The minimum absolute atomic E-state index is 0.248. The molecule has 0 saturated heterocycles. The van der Waals surface area contributed by atoms with Crippen LogP contribution < -0.4 is 11.1 Å². The van der Waals surface area contributed by atoms with Gasteiger partial charge >= 0.3 is 0 Å². The molecule has 128 valence electrons. The Morgan fingerprint density at radius 3 is 2.68 bits per heavy atom. The summed E-state index contributed by atoms with van der Waals surface area (Å²) in [4.78, 5) is 17.9. The fourth-order valence-electron chi connectivity index (χ4n) is 2.50. The molecule has 0 aliphatic rings. The summed E-state index contributed by atoms with van der Waals surface area (Å²) in [5.74, 6) is -0.623. The van der Waals surface area contributed by atoms with E-state index in [1.807, 2.05) is 37.3 Å². The second kappa shape index (κ2) is 7.55. The third-order valence-corrected chi connectivity index (χ3v) is 4.95. The molecule has 2 aromatic carbocycles. The molecule has 3 rings (SSSR count). The number of halogens is 1. The van der Waals surface area contributed by atoms with Crippen LogP contribution in [0.1, 0.15) is 27.9 Å². The fourth-order valence-corrected chi connectivity index (χ4v) is 3.48. The SMILES string of the molecule is CCc1sc(-c2cc(F)cc(CN)c2)nc1C(=O)Nc1ccccc1. The van der Waals surface area contributed by atoms with Crippen molar-refractivity contribution in [3.8, 4) is 10.6 Å². The summed E-state index contributed by atoms with van der Waals surface area (Å²) in [5.41, 5.74) is 8.03. The Bertz CT molecular complexity index is 893. The van der Waals surface area contributed by atoms with Gasteiger partial charge in [-0.1, -0.05) is 25.1 Å². The number of hydrogen-bond acceptors (Lipinski definition) is 4. The molecule has 25 heavy (non-hydrogen) atoms. The van der Waals surface area contributed by atoms with Crippen molar-refractivity contribution in [2.24, 2.45) is 5.73 Å². The molecule has 0 atom stereocenters. The van der Waals surface area contributed by atoms with E-state index in [2.05, 4.69) is 10.3 Å². The van der Waals surface area contributed by atoms with Crippen LogP contribution in [0, 0.1) is 5.82 Å². The van der Waals surface area contributed by atoms with Crippen LogP contribution in [0.3, 0.4) is 0 Å². The number of nitrogens with two attached hydrogens (primary N) is 1. The van der Waals surface area contributed by atoms with Crippen molar-refractivity contribution < 1.29 is 9.18 Å². The minimum Gasteiger partial charge on any atom is -0.326 e. The summed E-state index contributed by atoms with van der Waals surface area (Å²) in [5, 5.41) is 3.46. The van der Waals surface area contributed by atoms with Gasteiger partial charge in [0.1, 0.15) is 16.5 Å². The van der Waals surface area contributed by atoms with Crippen molar-refractivity contribution in [3.63, 3.8) is 0 Å². The number of para-hydroxylation sites is 1. The summed E-state index contributed by atoms with van der Waals surface area (Å²) in [7, 11) is 0. The largest absolute Gasteiger partial charge is 0.326 e. The van der Waals surface area contributed by atoms with Gasteiger partial charge in [0.2, 0.25) is 0 Å². The molecule has 0 aliphatic heterocycles. The van der Waals surface area contributed by atoms with Crippen LogP contribution in [-0.4, -0.2) is 10.9 Å². The second-order valence-corrected chi connectivity index (χ2v) is 6.60. The molecule has 3 aromatic rings. The van der Waals surface area contributed by atoms with E-state index in [1.165, 1.54) is 23.5 Å². The lowest BCUT2D eigenvalue weighted by Gasteiger charge is -2.04. The zero-order valence-corrected chi connectivity index (χ0v) is 14.6. The number of aryl methyl sites for hydroxylation is 1. The lowest BCUT2D eigenvalue weighted by Crippen LogP contribution is -2.14. The highest BCUT2D eigenvalue weighted by atomic mass is 32.1. The van der Waals surface area contributed by atoms with Gasteiger partial charge in [-0.05, 0) is 42.3 Å². The van der Waals surface area contributed by atoms with Crippen molar-refractivity contribution in [3.05, 3.63) is 70.5 Å². The molecule has 0 bridgehead atoms. The number of carbonyl (C=O) groups excluding carboxylic acids is 1. The number of anilines is 1. The van der Waals surface area contributed by atoms with E-state index in [0.29, 0.717) is 33.9 Å². The van der Waals surface area contributed by atoms with Crippen molar-refractivity contribution in [2.45, 2.75) is 19.9 Å². The van der Waals surface area contributed by atoms with Crippen molar-refractivity contribution in [1.29, 1.82) is 0 Å². The van der Waals surface area contributed by atoms with Crippen molar-refractivity contribution in [1.82, 2.24) is 4.98 Å². The van der Waals surface area contributed by atoms with Crippen molar-refractivity contribution in [2.75, 3.05) is 5.32 Å². The topological polar surface area (TPSA) is 68.0 Å². The Kier molecular flexibility index (Phi) is 5.21. The number of aromatic nitrogens is 1. The smallest absolute Gasteiger partial charge is 0.275 e. The molecule has 1 aromatic heterocycles. The van der Waals surface area contributed by atoms with E-state index >= 15 is 0 Å². The van der Waals surface area contributed by atoms with Crippen LogP contribution >= 0.6 is 11.3 Å². The van der Waals surface area contributed by atoms with E-state index in [-0.39, 0.29) is 18.3 Å². The van der Waals surface area contributed by atoms with Crippen LogP contribution in [0.25, 0.3) is 10.6 Å². The average molecular weight is 355 g/mol. The molecular formula is C19H18FN3OS. The van der Waals surface area contributed by atoms with Gasteiger partial charge in [-0.25, -0.2) is 9.37 Å². The number of amides is 1. The molecule has 6 heteroatoms. The summed E-state index contributed by atoms with van der Waals surface area (Å²) >= 11 is 1.40. The molecule has 0 spiro atoms. The Balaban J connectivity index is 1.94. The van der Waals surface area contributed by atoms with E-state index in [0.717, 1.165) is 4.88 Å². The summed E-state index contributed by atoms with van der Waals surface area (Å²) in [6, 6.07) is 13.8. The Hall–Kier alpha value is -2.57. The van der Waals surface area contributed by atoms with Gasteiger partial charge in [-0.3, -0.25) is 4.79 Å². The first kappa shape index (κ1) is 17.3. The second-order valence-electron chi connectivity index (χ2n) is 5.52. The zero-order valence-electron chi connectivity index (χ0n) is 13.8. The van der Waals surface area contributed by atoms with Crippen LogP contribution in [-0.2, 0) is 13.0 Å². The highest BCUT2D eigenvalue weighted by Crippen LogP contribution is 2.30. The molecule has 0 radical (unpaired) electrons. The minimum atomic E-state index is -0.360. The zero-order chi connectivity index (χ0) is 17.8. The first-order valence-electron chi connectivity index (χ1n) is 7.96. The number of nitrogens with zero attached hydrogens (tertiary/aromatic N) is 1. The third kappa shape index (κ3) is 3.92. The van der Waals surface area contributed by atoms with Crippen LogP contribution in [0.2, 0.25) is 0 Å². The van der Waals surface area contributed by atoms with Gasteiger partial charge in [-0.15, -0.1) is 11.3 Å². The Labute approximate surface area is 149 Å². The molecule has 3 N–H and O–H groups in total. The van der Waals surface area contributed by atoms with Gasteiger partial charge in [-0.2, -0.15) is 0 Å². The number of thiazole rings is 1. The molecule has 1 amide bonds. The van der Waals surface area contributed by atoms with Crippen molar-refractivity contribution >= 4 is 22.9 Å². The molecule has 0 saturated carbocycles. The molecule has 4 nitrogen and oxygen atoms in total. The third-order valence-electron chi connectivity index (χ3n) is 3.71. The van der Waals surface area contributed by atoms with Gasteiger partial charge < -0.3 is 11.1 Å². The van der Waals surface area contributed by atoms with Gasteiger partial charge in [0, 0.05) is 22.7 Å². The maximum atomic E-state index is 13.8. The lowest BCUT2D eigenvalue weighted by molar-refractivity contribution is 0.102. The number of benzene rings is 2. The van der Waals surface area contributed by atoms with E-state index in [4.69, 9.17) is 5.73 Å². The monoisotopic (exact) mass is 355 g/mol. The van der Waals surface area contributed by atoms with Crippen LogP contribution in [0.4, 0.5) is 10.1 Å². The van der Waals surface area contributed by atoms with E-state index in [1.54, 1.807) is 6.07 Å². The van der Waals surface area contributed by atoms with Gasteiger partial charge in [0.15, 0.2) is 0 Å². The highest BCUT2D eigenvalue weighted by molar-refractivity contribution is 7.15. The number of hydrogen-bond donors (Lipinski definition) is 2. The number of nitrogens with one attached hydrogen (secondary N) is 1. The predicted molar refractivity (Wildman–Crippen MR) is 99.2 cm³/mol.